The number of aryl methyl sites for hydroxylation is 2. The fourth-order valence-electron chi connectivity index (χ4n) is 0.983. The highest BCUT2D eigenvalue weighted by atomic mass is 14.7. The molecule has 1 rings (SSSR count). The Morgan fingerprint density at radius 1 is 1.45 bits per heavy atom. The minimum absolute atomic E-state index is 0.957. The van der Waals surface area contributed by atoms with Crippen molar-refractivity contribution in [3.8, 4) is 0 Å². The first-order valence-corrected chi connectivity index (χ1v) is 3.59. The third kappa shape index (κ3) is 1.87. The summed E-state index contributed by atoms with van der Waals surface area (Å²) < 4.78 is 0. The smallest absolute Gasteiger partial charge is 0.0836 e. The van der Waals surface area contributed by atoms with Gasteiger partial charge < -0.3 is 0 Å². The molecule has 1 aromatic rings. The Bertz CT molecular complexity index is 277. The molecule has 0 aromatic carbocycles. The van der Waals surface area contributed by atoms with Gasteiger partial charge in [0.1, 0.15) is 0 Å². The summed E-state index contributed by atoms with van der Waals surface area (Å²) in [4.78, 5) is 8.13. The van der Waals surface area contributed by atoms with Crippen LogP contribution in [0.2, 0.25) is 0 Å². The predicted octanol–water partition coefficient (Wildman–Crippen LogP) is 1.75. The van der Waals surface area contributed by atoms with Crippen molar-refractivity contribution in [2.45, 2.75) is 13.8 Å². The molecule has 0 aliphatic heterocycles. The van der Waals surface area contributed by atoms with Crippen molar-refractivity contribution in [3.63, 3.8) is 0 Å². The Labute approximate surface area is 67.0 Å². The van der Waals surface area contributed by atoms with Crippen LogP contribution in [0.5, 0.6) is 0 Å². The number of nitrogens with zero attached hydrogens (tertiary/aromatic N) is 2. The average Bonchev–Trinajstić information content (AvgIpc) is 1.95. The highest BCUT2D eigenvalue weighted by Crippen LogP contribution is 2.03. The van der Waals surface area contributed by atoms with Gasteiger partial charge in [-0.25, -0.2) is 0 Å². The molecule has 0 bridgehead atoms. The summed E-state index contributed by atoms with van der Waals surface area (Å²) >= 11 is 0. The van der Waals surface area contributed by atoms with E-state index < -0.39 is 0 Å². The van der Waals surface area contributed by atoms with E-state index in [0.29, 0.717) is 0 Å². The molecule has 0 spiro atoms. The van der Waals surface area contributed by atoms with E-state index >= 15 is 0 Å². The zero-order chi connectivity index (χ0) is 8.27. The summed E-state index contributed by atoms with van der Waals surface area (Å²) in [7, 11) is 1.75. The number of pyridine rings is 1. The van der Waals surface area contributed by atoms with E-state index in [2.05, 4.69) is 16.0 Å². The van der Waals surface area contributed by atoms with Crippen molar-refractivity contribution in [3.05, 3.63) is 29.1 Å². The van der Waals surface area contributed by atoms with Gasteiger partial charge in [0, 0.05) is 19.5 Å². The van der Waals surface area contributed by atoms with Gasteiger partial charge in [0.25, 0.3) is 0 Å². The molecular formula is C9H12N2. The Hall–Kier alpha value is -1.18. The minimum atomic E-state index is 0.957. The molecule has 11 heavy (non-hydrogen) atoms. The molecule has 0 aliphatic carbocycles. The quantitative estimate of drug-likeness (QED) is 0.557. The molecular weight excluding hydrogens is 136 g/mol. The molecule has 2 nitrogen and oxygen atoms in total. The van der Waals surface area contributed by atoms with Gasteiger partial charge >= 0.3 is 0 Å². The van der Waals surface area contributed by atoms with Crippen LogP contribution < -0.4 is 0 Å². The summed E-state index contributed by atoms with van der Waals surface area (Å²) in [5, 5.41) is 0. The van der Waals surface area contributed by atoms with E-state index in [9.17, 15) is 0 Å². The van der Waals surface area contributed by atoms with E-state index in [0.717, 1.165) is 5.69 Å². The number of rotatable bonds is 1. The molecule has 0 fully saturated rings. The monoisotopic (exact) mass is 148 g/mol. The van der Waals surface area contributed by atoms with Gasteiger partial charge in [-0.2, -0.15) is 0 Å². The number of hydrogen-bond donors (Lipinski definition) is 0. The fourth-order valence-corrected chi connectivity index (χ4v) is 0.983. The van der Waals surface area contributed by atoms with E-state index in [1.165, 1.54) is 11.1 Å². The number of aromatic nitrogens is 1. The largest absolute Gasteiger partial charge is 0.294 e. The molecule has 0 unspecified atom stereocenters. The zero-order valence-electron chi connectivity index (χ0n) is 7.13. The lowest BCUT2D eigenvalue weighted by Gasteiger charge is -1.98. The maximum Gasteiger partial charge on any atom is 0.0836 e. The summed E-state index contributed by atoms with van der Waals surface area (Å²) in [6.45, 7) is 4.07. The van der Waals surface area contributed by atoms with Crippen LogP contribution >= 0.6 is 0 Å². The molecule has 0 saturated heterocycles. The molecule has 0 radical (unpaired) electrons. The average molecular weight is 148 g/mol. The minimum Gasteiger partial charge on any atom is -0.294 e. The zero-order valence-corrected chi connectivity index (χ0v) is 7.13. The van der Waals surface area contributed by atoms with Crippen LogP contribution in [0.15, 0.2) is 17.3 Å². The first kappa shape index (κ1) is 7.92. The van der Waals surface area contributed by atoms with Crippen molar-refractivity contribution in [2.24, 2.45) is 4.99 Å². The lowest BCUT2D eigenvalue weighted by Crippen LogP contribution is -1.92. The van der Waals surface area contributed by atoms with E-state index in [1.54, 1.807) is 13.3 Å². The molecule has 1 aromatic heterocycles. The van der Waals surface area contributed by atoms with Gasteiger partial charge in [0.15, 0.2) is 0 Å². The van der Waals surface area contributed by atoms with E-state index in [4.69, 9.17) is 0 Å². The lowest BCUT2D eigenvalue weighted by atomic mass is 10.2. The van der Waals surface area contributed by atoms with E-state index in [-0.39, 0.29) is 0 Å². The second-order valence-corrected chi connectivity index (χ2v) is 2.60. The lowest BCUT2D eigenvalue weighted by molar-refractivity contribution is 1.20. The SMILES string of the molecule is C/N=C\c1ncc(C)cc1C. The molecule has 0 N–H and O–H groups in total. The third-order valence-electron chi connectivity index (χ3n) is 1.51. The highest BCUT2D eigenvalue weighted by Gasteiger charge is 1.94. The standard InChI is InChI=1S/C9H12N2/c1-7-4-8(2)9(6-10-3)11-5-7/h4-6H,1-3H3/b10-6-. The van der Waals surface area contributed by atoms with Gasteiger partial charge in [-0.05, 0) is 25.0 Å². The van der Waals surface area contributed by atoms with Crippen molar-refractivity contribution in [2.75, 3.05) is 7.05 Å². The first-order chi connectivity index (χ1) is 5.24. The van der Waals surface area contributed by atoms with Gasteiger partial charge in [-0.15, -0.1) is 0 Å². The van der Waals surface area contributed by atoms with Crippen LogP contribution in [0.25, 0.3) is 0 Å². The Kier molecular flexibility index (Phi) is 2.36. The third-order valence-corrected chi connectivity index (χ3v) is 1.51. The Balaban J connectivity index is 3.09. The molecule has 2 heteroatoms. The van der Waals surface area contributed by atoms with Gasteiger partial charge in [0.05, 0.1) is 5.69 Å². The topological polar surface area (TPSA) is 25.2 Å². The van der Waals surface area contributed by atoms with Crippen LogP contribution in [-0.4, -0.2) is 18.2 Å². The van der Waals surface area contributed by atoms with Crippen molar-refractivity contribution in [1.82, 2.24) is 4.98 Å². The van der Waals surface area contributed by atoms with Gasteiger partial charge in [-0.3, -0.25) is 9.98 Å². The van der Waals surface area contributed by atoms with Crippen LogP contribution in [-0.2, 0) is 0 Å². The summed E-state index contributed by atoms with van der Waals surface area (Å²) in [5.41, 5.74) is 3.32. The van der Waals surface area contributed by atoms with Crippen LogP contribution in [0, 0.1) is 13.8 Å². The maximum absolute atomic E-state index is 4.22. The molecule has 0 aliphatic rings. The van der Waals surface area contributed by atoms with Crippen molar-refractivity contribution in [1.29, 1.82) is 0 Å². The van der Waals surface area contributed by atoms with Crippen molar-refractivity contribution < 1.29 is 0 Å². The number of hydrogen-bond acceptors (Lipinski definition) is 2. The summed E-state index contributed by atoms with van der Waals surface area (Å²) in [6, 6.07) is 2.10. The van der Waals surface area contributed by atoms with Crippen LogP contribution in [0.3, 0.4) is 0 Å². The Morgan fingerprint density at radius 2 is 2.18 bits per heavy atom. The van der Waals surface area contributed by atoms with E-state index in [1.807, 2.05) is 20.0 Å². The molecule has 1 heterocycles. The normalized spacial score (nSPS) is 10.8. The van der Waals surface area contributed by atoms with Crippen LogP contribution in [0.1, 0.15) is 16.8 Å². The second kappa shape index (κ2) is 3.28. The second-order valence-electron chi connectivity index (χ2n) is 2.60. The first-order valence-electron chi connectivity index (χ1n) is 3.59. The van der Waals surface area contributed by atoms with Crippen molar-refractivity contribution >= 4 is 6.21 Å². The molecule has 0 atom stereocenters. The summed E-state index contributed by atoms with van der Waals surface area (Å²) in [5.74, 6) is 0. The molecule has 0 saturated carbocycles. The van der Waals surface area contributed by atoms with Crippen LogP contribution in [0.4, 0.5) is 0 Å². The Morgan fingerprint density at radius 3 is 2.73 bits per heavy atom. The van der Waals surface area contributed by atoms with Gasteiger partial charge in [0.2, 0.25) is 0 Å². The summed E-state index contributed by atoms with van der Waals surface area (Å²) in [6.07, 6.45) is 3.62. The fraction of sp³-hybridized carbons (Fsp3) is 0.333. The highest BCUT2D eigenvalue weighted by molar-refractivity contribution is 5.78. The maximum atomic E-state index is 4.22. The molecule has 58 valence electrons. The number of aliphatic imine (C=N–C) groups is 1. The molecule has 0 amide bonds. The predicted molar refractivity (Wildman–Crippen MR) is 47.2 cm³/mol. The van der Waals surface area contributed by atoms with Gasteiger partial charge in [-0.1, -0.05) is 6.07 Å².